The van der Waals surface area contributed by atoms with Crippen molar-refractivity contribution in [1.29, 1.82) is 0 Å². The van der Waals surface area contributed by atoms with Crippen molar-refractivity contribution in [1.82, 2.24) is 20.1 Å². The van der Waals surface area contributed by atoms with Crippen LogP contribution < -0.4 is 5.32 Å². The zero-order valence-corrected chi connectivity index (χ0v) is 14.6. The van der Waals surface area contributed by atoms with Crippen LogP contribution in [-0.4, -0.2) is 25.0 Å². The van der Waals surface area contributed by atoms with Gasteiger partial charge in [0.2, 0.25) is 5.89 Å². The van der Waals surface area contributed by atoms with Crippen molar-refractivity contribution in [3.05, 3.63) is 57.9 Å². The van der Waals surface area contributed by atoms with Gasteiger partial charge in [0.05, 0.1) is 11.0 Å². The van der Waals surface area contributed by atoms with Crippen LogP contribution in [0.2, 0.25) is 0 Å². The zero-order chi connectivity index (χ0) is 18.7. The lowest BCUT2D eigenvalue weighted by Crippen LogP contribution is -2.13. The summed E-state index contributed by atoms with van der Waals surface area (Å²) in [6.45, 7) is 5.61. The summed E-state index contributed by atoms with van der Waals surface area (Å²) in [5.41, 5.74) is 1.50. The quantitative estimate of drug-likeness (QED) is 0.526. The van der Waals surface area contributed by atoms with E-state index in [-0.39, 0.29) is 11.7 Å². The number of nitrogens with one attached hydrogen (secondary N) is 1. The summed E-state index contributed by atoms with van der Waals surface area (Å²) in [5.74, 6) is 2.19. The second kappa shape index (κ2) is 7.26. The van der Waals surface area contributed by atoms with E-state index in [1.165, 1.54) is 12.1 Å². The fourth-order valence-electron chi connectivity index (χ4n) is 2.49. The maximum absolute atomic E-state index is 10.8. The van der Waals surface area contributed by atoms with Gasteiger partial charge in [-0.05, 0) is 25.5 Å². The number of rotatable bonds is 6. The van der Waals surface area contributed by atoms with E-state index in [1.54, 1.807) is 19.1 Å². The first kappa shape index (κ1) is 17.5. The molecule has 0 aliphatic rings. The minimum absolute atomic E-state index is 0.0262. The van der Waals surface area contributed by atoms with Gasteiger partial charge in [-0.1, -0.05) is 12.1 Å². The molecule has 3 rings (SSSR count). The van der Waals surface area contributed by atoms with Gasteiger partial charge in [0.25, 0.3) is 5.69 Å². The Kier molecular flexibility index (Phi) is 4.87. The van der Waals surface area contributed by atoms with E-state index in [9.17, 15) is 10.1 Å². The van der Waals surface area contributed by atoms with Gasteiger partial charge in [-0.3, -0.25) is 10.1 Å². The van der Waals surface area contributed by atoms with Gasteiger partial charge in [-0.25, -0.2) is 9.97 Å². The lowest BCUT2D eigenvalue weighted by atomic mass is 10.2. The molecule has 0 spiro atoms. The third-order valence-electron chi connectivity index (χ3n) is 3.78. The van der Waals surface area contributed by atoms with Crippen LogP contribution in [0.25, 0.3) is 11.4 Å². The monoisotopic (exact) mass is 354 g/mol. The Hall–Kier alpha value is -3.36. The van der Waals surface area contributed by atoms with E-state index in [0.717, 1.165) is 12.1 Å². The second-order valence-electron chi connectivity index (χ2n) is 5.80. The zero-order valence-electron chi connectivity index (χ0n) is 14.6. The van der Waals surface area contributed by atoms with Crippen LogP contribution >= 0.6 is 0 Å². The smallest absolute Gasteiger partial charge is 0.269 e. The molecule has 9 nitrogen and oxygen atoms in total. The van der Waals surface area contributed by atoms with Gasteiger partial charge < -0.3 is 9.84 Å². The van der Waals surface area contributed by atoms with Crippen molar-refractivity contribution in [2.75, 3.05) is 5.32 Å². The number of aromatic nitrogens is 4. The van der Waals surface area contributed by atoms with Crippen molar-refractivity contribution in [3.8, 4) is 11.4 Å². The first-order valence-corrected chi connectivity index (χ1v) is 8.13. The molecule has 0 saturated heterocycles. The van der Waals surface area contributed by atoms with E-state index in [0.29, 0.717) is 28.9 Å². The van der Waals surface area contributed by atoms with Gasteiger partial charge >= 0.3 is 0 Å². The number of non-ortho nitro benzene ring substituents is 1. The molecule has 3 aromatic rings. The van der Waals surface area contributed by atoms with Crippen LogP contribution in [-0.2, 0) is 0 Å². The fraction of sp³-hybridized carbons (Fsp3) is 0.294. The van der Waals surface area contributed by atoms with Gasteiger partial charge in [-0.2, -0.15) is 4.98 Å². The number of anilines is 1. The number of hydrogen-bond acceptors (Lipinski definition) is 8. The Morgan fingerprint density at radius 3 is 2.50 bits per heavy atom. The van der Waals surface area contributed by atoms with Gasteiger partial charge in [0.1, 0.15) is 5.82 Å². The van der Waals surface area contributed by atoms with E-state index in [1.807, 2.05) is 19.9 Å². The highest BCUT2D eigenvalue weighted by atomic mass is 16.6. The normalized spacial score (nSPS) is 12.0. The first-order chi connectivity index (χ1) is 12.5. The van der Waals surface area contributed by atoms with Crippen molar-refractivity contribution in [2.24, 2.45) is 0 Å². The Morgan fingerprint density at radius 2 is 1.92 bits per heavy atom. The standard InChI is InChI=1S/C17H18N6O3/c1-4-14(17-19-11(3)26-22-17)20-15-9-10(2)18-16(21-15)12-5-7-13(8-6-12)23(24)25/h5-9,14H,4H2,1-3H3,(H,18,20,21). The van der Waals surface area contributed by atoms with Crippen LogP contribution in [0.1, 0.15) is 36.8 Å². The summed E-state index contributed by atoms with van der Waals surface area (Å²) in [6.07, 6.45) is 0.745. The summed E-state index contributed by atoms with van der Waals surface area (Å²) in [4.78, 5) is 23.6. The van der Waals surface area contributed by atoms with Crippen molar-refractivity contribution in [3.63, 3.8) is 0 Å². The molecule has 9 heteroatoms. The minimum atomic E-state index is -0.438. The lowest BCUT2D eigenvalue weighted by molar-refractivity contribution is -0.384. The molecule has 1 N–H and O–H groups in total. The molecule has 2 heterocycles. The molecule has 0 bridgehead atoms. The van der Waals surface area contributed by atoms with Gasteiger partial charge in [0, 0.05) is 36.4 Å². The fourth-order valence-corrected chi connectivity index (χ4v) is 2.49. The first-order valence-electron chi connectivity index (χ1n) is 8.13. The van der Waals surface area contributed by atoms with E-state index >= 15 is 0 Å². The second-order valence-corrected chi connectivity index (χ2v) is 5.80. The summed E-state index contributed by atoms with van der Waals surface area (Å²) in [7, 11) is 0. The highest BCUT2D eigenvalue weighted by molar-refractivity contribution is 5.59. The Bertz CT molecular complexity index is 923. The third kappa shape index (κ3) is 3.82. The molecule has 1 atom stereocenters. The van der Waals surface area contributed by atoms with Crippen LogP contribution in [0.5, 0.6) is 0 Å². The minimum Gasteiger partial charge on any atom is -0.360 e. The molecular formula is C17H18N6O3. The molecule has 0 amide bonds. The number of nitro groups is 1. The number of aryl methyl sites for hydroxylation is 2. The highest BCUT2D eigenvalue weighted by Crippen LogP contribution is 2.24. The van der Waals surface area contributed by atoms with Crippen LogP contribution in [0, 0.1) is 24.0 Å². The number of benzene rings is 1. The Labute approximate surface area is 149 Å². The summed E-state index contributed by atoms with van der Waals surface area (Å²) in [6, 6.07) is 7.82. The van der Waals surface area contributed by atoms with Crippen molar-refractivity contribution < 1.29 is 9.45 Å². The maximum Gasteiger partial charge on any atom is 0.269 e. The molecule has 0 fully saturated rings. The highest BCUT2D eigenvalue weighted by Gasteiger charge is 2.17. The molecule has 1 aromatic carbocycles. The van der Waals surface area contributed by atoms with Crippen molar-refractivity contribution in [2.45, 2.75) is 33.2 Å². The molecule has 134 valence electrons. The summed E-state index contributed by atoms with van der Waals surface area (Å²) >= 11 is 0. The molecule has 2 aromatic heterocycles. The Morgan fingerprint density at radius 1 is 1.19 bits per heavy atom. The molecular weight excluding hydrogens is 336 g/mol. The summed E-state index contributed by atoms with van der Waals surface area (Å²) in [5, 5.41) is 18.0. The predicted molar refractivity (Wildman–Crippen MR) is 94.5 cm³/mol. The van der Waals surface area contributed by atoms with E-state index < -0.39 is 4.92 Å². The van der Waals surface area contributed by atoms with Gasteiger partial charge in [0.15, 0.2) is 11.6 Å². The van der Waals surface area contributed by atoms with Crippen LogP contribution in [0.4, 0.5) is 11.5 Å². The van der Waals surface area contributed by atoms with Crippen molar-refractivity contribution >= 4 is 11.5 Å². The molecule has 0 radical (unpaired) electrons. The number of nitrogens with zero attached hydrogens (tertiary/aromatic N) is 5. The molecule has 26 heavy (non-hydrogen) atoms. The average Bonchev–Trinajstić information content (AvgIpc) is 3.05. The largest absolute Gasteiger partial charge is 0.360 e. The molecule has 0 aliphatic carbocycles. The van der Waals surface area contributed by atoms with E-state index in [2.05, 4.69) is 25.4 Å². The molecule has 0 aliphatic heterocycles. The Balaban J connectivity index is 1.88. The van der Waals surface area contributed by atoms with Gasteiger partial charge in [-0.15, -0.1) is 0 Å². The van der Waals surface area contributed by atoms with E-state index in [4.69, 9.17) is 4.52 Å². The SMILES string of the molecule is CCC(Nc1cc(C)nc(-c2ccc([N+](=O)[O-])cc2)n1)c1noc(C)n1. The summed E-state index contributed by atoms with van der Waals surface area (Å²) < 4.78 is 5.04. The maximum atomic E-state index is 10.8. The van der Waals surface area contributed by atoms with Crippen LogP contribution in [0.15, 0.2) is 34.9 Å². The molecule has 1 unspecified atom stereocenters. The third-order valence-corrected chi connectivity index (χ3v) is 3.78. The lowest BCUT2D eigenvalue weighted by Gasteiger charge is -2.15. The average molecular weight is 354 g/mol. The number of hydrogen-bond donors (Lipinski definition) is 1. The predicted octanol–water partition coefficient (Wildman–Crippen LogP) is 3.61. The molecule has 0 saturated carbocycles. The van der Waals surface area contributed by atoms with Crippen LogP contribution in [0.3, 0.4) is 0 Å². The number of nitro benzene ring substituents is 1. The topological polar surface area (TPSA) is 120 Å².